The van der Waals surface area contributed by atoms with Crippen LogP contribution in [-0.4, -0.2) is 52.2 Å². The van der Waals surface area contributed by atoms with E-state index in [0.29, 0.717) is 26.2 Å². The Morgan fingerprint density at radius 2 is 1.90 bits per heavy atom. The second kappa shape index (κ2) is 6.30. The Morgan fingerprint density at radius 1 is 1.25 bits per heavy atom. The van der Waals surface area contributed by atoms with E-state index in [-0.39, 0.29) is 0 Å². The summed E-state index contributed by atoms with van der Waals surface area (Å²) in [5.74, 6) is 0. The van der Waals surface area contributed by atoms with E-state index >= 15 is 0 Å². The predicted molar refractivity (Wildman–Crippen MR) is 82.8 cm³/mol. The van der Waals surface area contributed by atoms with Crippen molar-refractivity contribution in [2.45, 2.75) is 6.54 Å². The molecule has 0 spiro atoms. The maximum absolute atomic E-state index is 11.5. The number of piperazine rings is 1. The van der Waals surface area contributed by atoms with Crippen molar-refractivity contribution in [2.24, 2.45) is 0 Å². The normalized spacial score (nSPS) is 17.4. The lowest BCUT2D eigenvalue weighted by Gasteiger charge is -2.34. The fourth-order valence-corrected chi connectivity index (χ4v) is 3.41. The number of anilines is 1. The van der Waals surface area contributed by atoms with E-state index in [1.165, 1.54) is 10.6 Å². The number of nitrogens with one attached hydrogen (secondary N) is 1. The first kappa shape index (κ1) is 15.6. The van der Waals surface area contributed by atoms with Crippen LogP contribution in [0.25, 0.3) is 0 Å². The number of hydrogen-bond donors (Lipinski definition) is 1. The number of benzene rings is 1. The minimum absolute atomic E-state index is 0.523. The zero-order valence-electron chi connectivity index (χ0n) is 11.8. The number of hydrogen-bond acceptors (Lipinski definition) is 4. The Kier molecular flexibility index (Phi) is 4.90. The smallest absolute Gasteiger partial charge is 0.211 e. The molecule has 1 aromatic carbocycles. The molecule has 0 aliphatic carbocycles. The standard InChI is InChI=1S/C13H20ClN3O2S/c1-15-10-11-3-4-12(9-13(11)14)16-5-7-17(8-6-16)20(2,18)19/h3-4,9,15H,5-8,10H2,1-2H3. The highest BCUT2D eigenvalue weighted by Gasteiger charge is 2.23. The third kappa shape index (κ3) is 3.63. The van der Waals surface area contributed by atoms with Crippen molar-refractivity contribution in [2.75, 3.05) is 44.4 Å². The molecule has 0 atom stereocenters. The summed E-state index contributed by atoms with van der Waals surface area (Å²) in [6, 6.07) is 6.00. The summed E-state index contributed by atoms with van der Waals surface area (Å²) in [6.45, 7) is 3.16. The average molecular weight is 318 g/mol. The van der Waals surface area contributed by atoms with Gasteiger partial charge in [0.05, 0.1) is 6.26 Å². The summed E-state index contributed by atoms with van der Waals surface area (Å²) < 4.78 is 24.5. The average Bonchev–Trinajstić information content (AvgIpc) is 2.40. The van der Waals surface area contributed by atoms with Gasteiger partial charge in [0.15, 0.2) is 0 Å². The maximum atomic E-state index is 11.5. The largest absolute Gasteiger partial charge is 0.369 e. The molecule has 1 saturated heterocycles. The van der Waals surface area contributed by atoms with Gasteiger partial charge in [0, 0.05) is 43.4 Å². The fraction of sp³-hybridized carbons (Fsp3) is 0.538. The summed E-state index contributed by atoms with van der Waals surface area (Å²) in [7, 11) is -1.20. The first-order valence-electron chi connectivity index (χ1n) is 6.55. The van der Waals surface area contributed by atoms with Gasteiger partial charge >= 0.3 is 0 Å². The van der Waals surface area contributed by atoms with Gasteiger partial charge in [-0.2, -0.15) is 4.31 Å². The molecule has 5 nitrogen and oxygen atoms in total. The van der Waals surface area contributed by atoms with Gasteiger partial charge in [0.1, 0.15) is 0 Å². The topological polar surface area (TPSA) is 52.6 Å². The molecule has 0 unspecified atom stereocenters. The zero-order chi connectivity index (χ0) is 14.8. The van der Waals surface area contributed by atoms with Gasteiger partial charge in [0.25, 0.3) is 0 Å². The lowest BCUT2D eigenvalue weighted by molar-refractivity contribution is 0.388. The molecule has 112 valence electrons. The Bertz CT molecular complexity index is 569. The van der Waals surface area contributed by atoms with Crippen LogP contribution in [0.4, 0.5) is 5.69 Å². The Labute approximate surface area is 125 Å². The van der Waals surface area contributed by atoms with Crippen LogP contribution < -0.4 is 10.2 Å². The molecule has 0 aromatic heterocycles. The number of nitrogens with zero attached hydrogens (tertiary/aromatic N) is 2. The molecule has 0 saturated carbocycles. The first-order valence-corrected chi connectivity index (χ1v) is 8.77. The zero-order valence-corrected chi connectivity index (χ0v) is 13.3. The molecule has 0 bridgehead atoms. The second-order valence-corrected chi connectivity index (χ2v) is 7.34. The summed E-state index contributed by atoms with van der Waals surface area (Å²) in [6.07, 6.45) is 1.26. The molecule has 2 rings (SSSR count). The number of halogens is 1. The molecule has 1 fully saturated rings. The van der Waals surface area contributed by atoms with Crippen molar-refractivity contribution in [3.05, 3.63) is 28.8 Å². The van der Waals surface area contributed by atoms with Gasteiger partial charge < -0.3 is 10.2 Å². The second-order valence-electron chi connectivity index (χ2n) is 4.96. The van der Waals surface area contributed by atoms with E-state index < -0.39 is 10.0 Å². The van der Waals surface area contributed by atoms with Crippen LogP contribution >= 0.6 is 11.6 Å². The highest BCUT2D eigenvalue weighted by atomic mass is 35.5. The van der Waals surface area contributed by atoms with E-state index in [1.54, 1.807) is 0 Å². The number of sulfonamides is 1. The minimum Gasteiger partial charge on any atom is -0.369 e. The van der Waals surface area contributed by atoms with Crippen LogP contribution in [0.1, 0.15) is 5.56 Å². The van der Waals surface area contributed by atoms with Crippen LogP contribution in [0.15, 0.2) is 18.2 Å². The van der Waals surface area contributed by atoms with Gasteiger partial charge in [0.2, 0.25) is 10.0 Å². The van der Waals surface area contributed by atoms with Crippen LogP contribution in [0.5, 0.6) is 0 Å². The lowest BCUT2D eigenvalue weighted by Crippen LogP contribution is -2.48. The first-order chi connectivity index (χ1) is 9.41. The quantitative estimate of drug-likeness (QED) is 0.905. The summed E-state index contributed by atoms with van der Waals surface area (Å²) in [5.41, 5.74) is 2.11. The highest BCUT2D eigenvalue weighted by molar-refractivity contribution is 7.88. The monoisotopic (exact) mass is 317 g/mol. The van der Waals surface area contributed by atoms with Crippen molar-refractivity contribution < 1.29 is 8.42 Å². The molecule has 1 aliphatic rings. The Hall–Kier alpha value is -0.820. The van der Waals surface area contributed by atoms with E-state index in [1.807, 2.05) is 25.2 Å². The van der Waals surface area contributed by atoms with Gasteiger partial charge in [-0.15, -0.1) is 0 Å². The molecule has 1 heterocycles. The highest BCUT2D eigenvalue weighted by Crippen LogP contribution is 2.25. The van der Waals surface area contributed by atoms with Crippen molar-refractivity contribution >= 4 is 27.3 Å². The Morgan fingerprint density at radius 3 is 2.40 bits per heavy atom. The van der Waals surface area contributed by atoms with Crippen LogP contribution in [0.2, 0.25) is 5.02 Å². The van der Waals surface area contributed by atoms with Crippen molar-refractivity contribution in [1.29, 1.82) is 0 Å². The van der Waals surface area contributed by atoms with Crippen LogP contribution in [-0.2, 0) is 16.6 Å². The van der Waals surface area contributed by atoms with E-state index in [4.69, 9.17) is 11.6 Å². The molecule has 1 aromatic rings. The molecule has 7 heteroatoms. The number of rotatable bonds is 4. The predicted octanol–water partition coefficient (Wildman–Crippen LogP) is 1.14. The van der Waals surface area contributed by atoms with Crippen molar-refractivity contribution in [3.8, 4) is 0 Å². The van der Waals surface area contributed by atoms with Gasteiger partial charge in [-0.25, -0.2) is 8.42 Å². The van der Waals surface area contributed by atoms with Crippen LogP contribution in [0, 0.1) is 0 Å². The third-order valence-electron chi connectivity index (χ3n) is 3.48. The summed E-state index contributed by atoms with van der Waals surface area (Å²) >= 11 is 6.26. The third-order valence-corrected chi connectivity index (χ3v) is 5.13. The van der Waals surface area contributed by atoms with E-state index in [9.17, 15) is 8.42 Å². The fourth-order valence-electron chi connectivity index (χ4n) is 2.34. The minimum atomic E-state index is -3.08. The summed E-state index contributed by atoms with van der Waals surface area (Å²) in [5, 5.41) is 3.81. The maximum Gasteiger partial charge on any atom is 0.211 e. The van der Waals surface area contributed by atoms with Crippen LogP contribution in [0.3, 0.4) is 0 Å². The van der Waals surface area contributed by atoms with Gasteiger partial charge in [-0.1, -0.05) is 17.7 Å². The molecule has 20 heavy (non-hydrogen) atoms. The molecular weight excluding hydrogens is 298 g/mol. The molecule has 0 amide bonds. The van der Waals surface area contributed by atoms with E-state index in [2.05, 4.69) is 10.2 Å². The Balaban J connectivity index is 2.06. The molecular formula is C13H20ClN3O2S. The molecule has 1 N–H and O–H groups in total. The van der Waals surface area contributed by atoms with E-state index in [0.717, 1.165) is 22.8 Å². The SMILES string of the molecule is CNCc1ccc(N2CCN(S(C)(=O)=O)CC2)cc1Cl. The summed E-state index contributed by atoms with van der Waals surface area (Å²) in [4.78, 5) is 2.16. The van der Waals surface area contributed by atoms with Crippen molar-refractivity contribution in [3.63, 3.8) is 0 Å². The van der Waals surface area contributed by atoms with Gasteiger partial charge in [-0.3, -0.25) is 0 Å². The van der Waals surface area contributed by atoms with Crippen molar-refractivity contribution in [1.82, 2.24) is 9.62 Å². The molecule has 1 aliphatic heterocycles. The lowest BCUT2D eigenvalue weighted by atomic mass is 10.2. The molecule has 0 radical (unpaired) electrons. The van der Waals surface area contributed by atoms with Gasteiger partial charge in [-0.05, 0) is 24.7 Å².